The van der Waals surface area contributed by atoms with Gasteiger partial charge < -0.3 is 9.64 Å². The van der Waals surface area contributed by atoms with E-state index in [-0.39, 0.29) is 18.1 Å². The van der Waals surface area contributed by atoms with Crippen LogP contribution in [0.15, 0.2) is 12.1 Å². The highest BCUT2D eigenvalue weighted by molar-refractivity contribution is 7.86. The van der Waals surface area contributed by atoms with Gasteiger partial charge in [0.25, 0.3) is 15.8 Å². The quantitative estimate of drug-likeness (QED) is 0.142. The largest absolute Gasteiger partial charge is 0.465 e. The Labute approximate surface area is 159 Å². The molecule has 0 aliphatic rings. The topological polar surface area (TPSA) is 159 Å². The average molecular weight is 426 g/mol. The molecule has 1 unspecified atom stereocenters. The van der Waals surface area contributed by atoms with Gasteiger partial charge in [-0.15, -0.1) is 11.6 Å². The van der Waals surface area contributed by atoms with E-state index in [2.05, 4.69) is 4.74 Å². The van der Waals surface area contributed by atoms with Crippen molar-refractivity contribution in [3.63, 3.8) is 0 Å². The van der Waals surface area contributed by atoms with Gasteiger partial charge in [0.05, 0.1) is 23.2 Å². The molecule has 0 heterocycles. The van der Waals surface area contributed by atoms with E-state index in [0.717, 1.165) is 30.4 Å². The van der Waals surface area contributed by atoms with Crippen LogP contribution in [0.2, 0.25) is 0 Å². The maximum Gasteiger partial charge on any atom is 0.352 e. The number of carbonyl (C=O) groups is 1. The Hall–Kier alpha value is -2.51. The molecule has 12 nitrogen and oxygen atoms in total. The van der Waals surface area contributed by atoms with E-state index in [1.54, 1.807) is 0 Å². The molecule has 0 saturated heterocycles. The summed E-state index contributed by atoms with van der Waals surface area (Å²) in [6, 6.07) is 1.89. The van der Waals surface area contributed by atoms with Crippen LogP contribution in [0, 0.1) is 20.2 Å². The first kappa shape index (κ1) is 22.5. The molecule has 0 saturated carbocycles. The standard InChI is InChI=1S/C13H16ClN3O9S/c1-8(26-27(3,23)24)15(7-6-14)10-5-4-9(16(19)20)11(13(18)25-2)12(10)17(21)22/h4-5,8H,6-7H2,1-3H3. The summed E-state index contributed by atoms with van der Waals surface area (Å²) >= 11 is 5.69. The molecule has 1 rings (SSSR count). The molecule has 0 aliphatic carbocycles. The Balaban J connectivity index is 3.76. The number of carbonyl (C=O) groups excluding carboxylic acids is 1. The van der Waals surface area contributed by atoms with Gasteiger partial charge in [-0.05, 0) is 13.0 Å². The van der Waals surface area contributed by atoms with Gasteiger partial charge in [-0.1, -0.05) is 0 Å². The number of methoxy groups -OCH3 is 1. The average Bonchev–Trinajstić information content (AvgIpc) is 2.55. The third kappa shape index (κ3) is 5.48. The summed E-state index contributed by atoms with van der Waals surface area (Å²) in [7, 11) is -3.02. The number of hydrogen-bond acceptors (Lipinski definition) is 10. The lowest BCUT2D eigenvalue weighted by Gasteiger charge is -2.29. The molecule has 1 aromatic rings. The van der Waals surface area contributed by atoms with Crippen molar-refractivity contribution in [3.05, 3.63) is 37.9 Å². The third-order valence-corrected chi connectivity index (χ3v) is 4.09. The van der Waals surface area contributed by atoms with Gasteiger partial charge in [0, 0.05) is 18.5 Å². The molecule has 0 aromatic heterocycles. The SMILES string of the molecule is COC(=O)c1c([N+](=O)[O-])ccc(N(CCCl)C(C)OS(C)(=O)=O)c1[N+](=O)[O-]. The molecule has 14 heteroatoms. The first-order valence-electron chi connectivity index (χ1n) is 7.19. The number of nitro groups is 2. The number of ether oxygens (including phenoxy) is 1. The molecule has 0 spiro atoms. The molecule has 0 fully saturated rings. The van der Waals surface area contributed by atoms with Gasteiger partial charge >= 0.3 is 11.7 Å². The second-order valence-electron chi connectivity index (χ2n) is 5.12. The number of esters is 1. The van der Waals surface area contributed by atoms with Crippen LogP contribution in [0.5, 0.6) is 0 Å². The minimum absolute atomic E-state index is 0.0842. The van der Waals surface area contributed by atoms with Crippen molar-refractivity contribution in [1.29, 1.82) is 0 Å². The van der Waals surface area contributed by atoms with Crippen molar-refractivity contribution < 1.29 is 32.0 Å². The molecule has 0 amide bonds. The van der Waals surface area contributed by atoms with E-state index < -0.39 is 49.1 Å². The zero-order valence-electron chi connectivity index (χ0n) is 14.4. The number of rotatable bonds is 9. The zero-order chi connectivity index (χ0) is 20.9. The Morgan fingerprint density at radius 3 is 2.30 bits per heavy atom. The number of benzene rings is 1. The lowest BCUT2D eigenvalue weighted by atomic mass is 10.1. The fourth-order valence-electron chi connectivity index (χ4n) is 2.34. The van der Waals surface area contributed by atoms with E-state index >= 15 is 0 Å². The van der Waals surface area contributed by atoms with Gasteiger partial charge in [0.1, 0.15) is 11.9 Å². The predicted octanol–water partition coefficient (Wildman–Crippen LogP) is 1.66. The van der Waals surface area contributed by atoms with Crippen molar-refractivity contribution in [2.45, 2.75) is 13.2 Å². The monoisotopic (exact) mass is 425 g/mol. The normalized spacial score (nSPS) is 12.3. The van der Waals surface area contributed by atoms with Crippen LogP contribution in [0.4, 0.5) is 17.1 Å². The van der Waals surface area contributed by atoms with Crippen molar-refractivity contribution >= 4 is 44.8 Å². The van der Waals surface area contributed by atoms with Crippen molar-refractivity contribution in [2.24, 2.45) is 0 Å². The number of nitro benzene ring substituents is 2. The third-order valence-electron chi connectivity index (χ3n) is 3.29. The van der Waals surface area contributed by atoms with Crippen LogP contribution in [0.3, 0.4) is 0 Å². The van der Waals surface area contributed by atoms with Gasteiger partial charge in [0.2, 0.25) is 5.56 Å². The van der Waals surface area contributed by atoms with Crippen molar-refractivity contribution in [2.75, 3.05) is 30.7 Å². The molecule has 0 aliphatic heterocycles. The van der Waals surface area contributed by atoms with E-state index in [0.29, 0.717) is 0 Å². The predicted molar refractivity (Wildman–Crippen MR) is 94.5 cm³/mol. The van der Waals surface area contributed by atoms with Crippen LogP contribution in [0.25, 0.3) is 0 Å². The zero-order valence-corrected chi connectivity index (χ0v) is 16.0. The van der Waals surface area contributed by atoms with Gasteiger partial charge in [-0.2, -0.15) is 8.42 Å². The second kappa shape index (κ2) is 8.92. The molecule has 1 atom stereocenters. The lowest BCUT2D eigenvalue weighted by Crippen LogP contribution is -2.38. The maximum absolute atomic E-state index is 12.0. The minimum atomic E-state index is -3.93. The van der Waals surface area contributed by atoms with Crippen molar-refractivity contribution in [1.82, 2.24) is 0 Å². The van der Waals surface area contributed by atoms with E-state index in [1.807, 2.05) is 0 Å². The summed E-state index contributed by atoms with van der Waals surface area (Å²) < 4.78 is 32.0. The maximum atomic E-state index is 12.0. The highest BCUT2D eigenvalue weighted by Gasteiger charge is 2.37. The summed E-state index contributed by atoms with van der Waals surface area (Å²) in [5, 5.41) is 22.8. The number of anilines is 1. The highest BCUT2D eigenvalue weighted by atomic mass is 35.5. The highest BCUT2D eigenvalue weighted by Crippen LogP contribution is 2.39. The fourth-order valence-corrected chi connectivity index (χ4v) is 3.13. The first-order valence-corrected chi connectivity index (χ1v) is 9.54. The van der Waals surface area contributed by atoms with E-state index in [1.165, 1.54) is 6.92 Å². The minimum Gasteiger partial charge on any atom is -0.465 e. The van der Waals surface area contributed by atoms with Crippen LogP contribution >= 0.6 is 11.6 Å². The molecular weight excluding hydrogens is 410 g/mol. The Morgan fingerprint density at radius 2 is 1.89 bits per heavy atom. The molecule has 0 bridgehead atoms. The van der Waals surface area contributed by atoms with Gasteiger partial charge in [-0.25, -0.2) is 8.98 Å². The summed E-state index contributed by atoms with van der Waals surface area (Å²) in [6.45, 7) is 1.17. The summed E-state index contributed by atoms with van der Waals surface area (Å²) in [6.07, 6.45) is -0.462. The smallest absolute Gasteiger partial charge is 0.352 e. The molecule has 0 radical (unpaired) electrons. The Bertz CT molecular complexity index is 859. The molecule has 150 valence electrons. The second-order valence-corrected chi connectivity index (χ2v) is 7.09. The number of hydrogen-bond donors (Lipinski definition) is 0. The summed E-state index contributed by atoms with van der Waals surface area (Å²) in [5.41, 5.74) is -2.93. The summed E-state index contributed by atoms with van der Waals surface area (Å²) in [5.74, 6) is -1.38. The lowest BCUT2D eigenvalue weighted by molar-refractivity contribution is -0.394. The Kier molecular flexibility index (Phi) is 7.45. The van der Waals surface area contributed by atoms with Crippen LogP contribution in [0.1, 0.15) is 17.3 Å². The molecular formula is C13H16ClN3O9S. The summed E-state index contributed by atoms with van der Waals surface area (Å²) in [4.78, 5) is 33.9. The number of nitrogens with zero attached hydrogens (tertiary/aromatic N) is 3. The van der Waals surface area contributed by atoms with E-state index in [4.69, 9.17) is 15.8 Å². The van der Waals surface area contributed by atoms with E-state index in [9.17, 15) is 33.4 Å². The molecule has 27 heavy (non-hydrogen) atoms. The molecule has 1 aromatic carbocycles. The van der Waals surface area contributed by atoms with Gasteiger partial charge in [-0.3, -0.25) is 20.2 Å². The van der Waals surface area contributed by atoms with Crippen LogP contribution in [-0.4, -0.2) is 56.3 Å². The molecule has 0 N–H and O–H groups in total. The van der Waals surface area contributed by atoms with Gasteiger partial charge in [0.15, 0.2) is 0 Å². The fraction of sp³-hybridized carbons (Fsp3) is 0.462. The van der Waals surface area contributed by atoms with Crippen LogP contribution in [-0.2, 0) is 19.0 Å². The van der Waals surface area contributed by atoms with Crippen LogP contribution < -0.4 is 4.90 Å². The first-order chi connectivity index (χ1) is 12.4. The van der Waals surface area contributed by atoms with Crippen molar-refractivity contribution in [3.8, 4) is 0 Å². The Morgan fingerprint density at radius 1 is 1.30 bits per heavy atom. The number of halogens is 1. The number of alkyl halides is 1.